The molecule has 0 amide bonds. The molecule has 0 bridgehead atoms. The first kappa shape index (κ1) is 13.6. The molecule has 100 valence electrons. The summed E-state index contributed by atoms with van der Waals surface area (Å²) in [7, 11) is 1.47. The molecular weight excluding hydrogens is 312 g/mol. The number of rotatable bonds is 3. The lowest BCUT2D eigenvalue weighted by Crippen LogP contribution is -2.13. The molecule has 2 rings (SSSR count). The van der Waals surface area contributed by atoms with E-state index in [1.54, 1.807) is 12.1 Å². The predicted molar refractivity (Wildman–Crippen MR) is 75.6 cm³/mol. The summed E-state index contributed by atoms with van der Waals surface area (Å²) in [5.41, 5.74) is 1.13. The van der Waals surface area contributed by atoms with Gasteiger partial charge >= 0.3 is 0 Å². The van der Waals surface area contributed by atoms with E-state index in [4.69, 9.17) is 4.74 Å². The smallest absolute Gasteiger partial charge is 0.265 e. The summed E-state index contributed by atoms with van der Waals surface area (Å²) < 4.78 is 5.49. The second kappa shape index (κ2) is 5.44. The monoisotopic (exact) mass is 324 g/mol. The van der Waals surface area contributed by atoms with Crippen LogP contribution in [0.3, 0.4) is 0 Å². The van der Waals surface area contributed by atoms with Crippen LogP contribution in [-0.4, -0.2) is 22.2 Å². The number of hydrogen-bond donors (Lipinski definition) is 2. The molecule has 1 heterocycles. The van der Waals surface area contributed by atoms with E-state index in [-0.39, 0.29) is 11.3 Å². The SMILES string of the molecule is CCc1nc(-c2ccc(O)c(OC)c2)[nH]c(=O)c1Br. The molecule has 0 aliphatic heterocycles. The Labute approximate surface area is 118 Å². The molecule has 2 aromatic rings. The summed E-state index contributed by atoms with van der Waals surface area (Å²) in [5.74, 6) is 0.825. The molecule has 5 nitrogen and oxygen atoms in total. The highest BCUT2D eigenvalue weighted by molar-refractivity contribution is 9.10. The van der Waals surface area contributed by atoms with Gasteiger partial charge < -0.3 is 14.8 Å². The molecule has 0 aliphatic carbocycles. The molecular formula is C13H13BrN2O3. The maximum atomic E-state index is 11.8. The summed E-state index contributed by atoms with van der Waals surface area (Å²) in [6, 6.07) is 4.80. The second-order valence-corrected chi connectivity index (χ2v) is 4.71. The van der Waals surface area contributed by atoms with Crippen LogP contribution >= 0.6 is 15.9 Å². The normalized spacial score (nSPS) is 10.5. The largest absolute Gasteiger partial charge is 0.504 e. The Kier molecular flexibility index (Phi) is 3.90. The number of hydrogen-bond acceptors (Lipinski definition) is 4. The van der Waals surface area contributed by atoms with E-state index in [2.05, 4.69) is 25.9 Å². The van der Waals surface area contributed by atoms with Crippen LogP contribution in [0.25, 0.3) is 11.4 Å². The van der Waals surface area contributed by atoms with Gasteiger partial charge in [0.2, 0.25) is 0 Å². The van der Waals surface area contributed by atoms with Crippen LogP contribution in [-0.2, 0) is 6.42 Å². The molecule has 0 unspecified atom stereocenters. The average Bonchev–Trinajstić information content (AvgIpc) is 2.42. The van der Waals surface area contributed by atoms with E-state index in [1.807, 2.05) is 6.92 Å². The standard InChI is InChI=1S/C13H13BrN2O3/c1-3-8-11(14)13(18)16-12(15-8)7-4-5-9(17)10(6-7)19-2/h4-6,17H,3H2,1-2H3,(H,15,16,18). The highest BCUT2D eigenvalue weighted by Gasteiger charge is 2.11. The van der Waals surface area contributed by atoms with Gasteiger partial charge in [0.05, 0.1) is 12.8 Å². The number of aromatic amines is 1. The Hall–Kier alpha value is -1.82. The van der Waals surface area contributed by atoms with Crippen molar-refractivity contribution in [3.05, 3.63) is 38.7 Å². The molecule has 0 saturated carbocycles. The number of phenolic OH excluding ortho intramolecular Hbond substituents is 1. The Morgan fingerprint density at radius 2 is 2.21 bits per heavy atom. The lowest BCUT2D eigenvalue weighted by atomic mass is 10.2. The third-order valence-electron chi connectivity index (χ3n) is 2.72. The van der Waals surface area contributed by atoms with Gasteiger partial charge in [0.1, 0.15) is 10.3 Å². The summed E-state index contributed by atoms with van der Waals surface area (Å²) >= 11 is 3.22. The minimum atomic E-state index is -0.228. The minimum absolute atomic E-state index is 0.0430. The van der Waals surface area contributed by atoms with Crippen molar-refractivity contribution in [1.29, 1.82) is 0 Å². The van der Waals surface area contributed by atoms with Crippen LogP contribution in [0.2, 0.25) is 0 Å². The molecule has 0 saturated heterocycles. The van der Waals surface area contributed by atoms with Crippen LogP contribution in [0.1, 0.15) is 12.6 Å². The number of methoxy groups -OCH3 is 1. The van der Waals surface area contributed by atoms with Gasteiger partial charge in [-0.1, -0.05) is 6.92 Å². The summed E-state index contributed by atoms with van der Waals surface area (Å²) in [6.07, 6.45) is 0.646. The van der Waals surface area contributed by atoms with E-state index < -0.39 is 0 Å². The van der Waals surface area contributed by atoms with Crippen LogP contribution in [0.15, 0.2) is 27.5 Å². The van der Waals surface area contributed by atoms with Gasteiger partial charge in [0.15, 0.2) is 11.5 Å². The number of nitrogens with one attached hydrogen (secondary N) is 1. The van der Waals surface area contributed by atoms with Crippen molar-refractivity contribution in [1.82, 2.24) is 9.97 Å². The Bertz CT molecular complexity index is 667. The number of halogens is 1. The summed E-state index contributed by atoms with van der Waals surface area (Å²) in [4.78, 5) is 18.9. The molecule has 6 heteroatoms. The molecule has 0 spiro atoms. The third-order valence-corrected chi connectivity index (χ3v) is 3.54. The van der Waals surface area contributed by atoms with Gasteiger partial charge in [-0.2, -0.15) is 0 Å². The Morgan fingerprint density at radius 1 is 1.47 bits per heavy atom. The fourth-order valence-corrected chi connectivity index (χ4v) is 2.17. The van der Waals surface area contributed by atoms with Crippen LogP contribution < -0.4 is 10.3 Å². The van der Waals surface area contributed by atoms with Gasteiger partial charge in [-0.25, -0.2) is 4.98 Å². The topological polar surface area (TPSA) is 75.2 Å². The molecule has 0 fully saturated rings. The van der Waals surface area contributed by atoms with Crippen molar-refractivity contribution >= 4 is 15.9 Å². The number of benzene rings is 1. The zero-order chi connectivity index (χ0) is 14.0. The van der Waals surface area contributed by atoms with Gasteiger partial charge in [-0.3, -0.25) is 4.79 Å². The molecule has 0 radical (unpaired) electrons. The van der Waals surface area contributed by atoms with E-state index >= 15 is 0 Å². The first-order valence-electron chi connectivity index (χ1n) is 5.72. The van der Waals surface area contributed by atoms with Crippen molar-refractivity contribution in [3.63, 3.8) is 0 Å². The van der Waals surface area contributed by atoms with Crippen molar-refractivity contribution in [2.45, 2.75) is 13.3 Å². The van der Waals surface area contributed by atoms with Crippen molar-refractivity contribution < 1.29 is 9.84 Å². The van der Waals surface area contributed by atoms with Gasteiger partial charge in [0.25, 0.3) is 5.56 Å². The molecule has 1 aromatic heterocycles. The lowest BCUT2D eigenvalue weighted by Gasteiger charge is -2.08. The van der Waals surface area contributed by atoms with Crippen LogP contribution in [0.4, 0.5) is 0 Å². The van der Waals surface area contributed by atoms with Crippen molar-refractivity contribution in [3.8, 4) is 22.9 Å². The van der Waals surface area contributed by atoms with Gasteiger partial charge in [0, 0.05) is 5.56 Å². The molecule has 0 atom stereocenters. The average molecular weight is 325 g/mol. The van der Waals surface area contributed by atoms with Crippen molar-refractivity contribution in [2.24, 2.45) is 0 Å². The highest BCUT2D eigenvalue weighted by atomic mass is 79.9. The Balaban J connectivity index is 2.59. The molecule has 0 aliphatic rings. The molecule has 1 aromatic carbocycles. The number of H-pyrrole nitrogens is 1. The highest BCUT2D eigenvalue weighted by Crippen LogP contribution is 2.30. The summed E-state index contributed by atoms with van der Waals surface area (Å²) in [5, 5.41) is 9.56. The maximum Gasteiger partial charge on any atom is 0.265 e. The fraction of sp³-hybridized carbons (Fsp3) is 0.231. The fourth-order valence-electron chi connectivity index (χ4n) is 1.70. The molecule has 2 N–H and O–H groups in total. The third kappa shape index (κ3) is 2.63. The summed E-state index contributed by atoms with van der Waals surface area (Å²) in [6.45, 7) is 1.92. The maximum absolute atomic E-state index is 11.8. The van der Waals surface area contributed by atoms with Crippen molar-refractivity contribution in [2.75, 3.05) is 7.11 Å². The minimum Gasteiger partial charge on any atom is -0.504 e. The quantitative estimate of drug-likeness (QED) is 0.909. The number of aromatic nitrogens is 2. The number of phenols is 1. The second-order valence-electron chi connectivity index (χ2n) is 3.92. The molecule has 19 heavy (non-hydrogen) atoms. The number of aryl methyl sites for hydroxylation is 1. The van der Waals surface area contributed by atoms with Crippen LogP contribution in [0.5, 0.6) is 11.5 Å². The number of nitrogens with zero attached hydrogens (tertiary/aromatic N) is 1. The van der Waals surface area contributed by atoms with E-state index in [1.165, 1.54) is 13.2 Å². The van der Waals surface area contributed by atoms with Gasteiger partial charge in [-0.15, -0.1) is 0 Å². The number of ether oxygens (including phenoxy) is 1. The Morgan fingerprint density at radius 3 is 2.84 bits per heavy atom. The first-order chi connectivity index (χ1) is 9.06. The van der Waals surface area contributed by atoms with E-state index in [0.29, 0.717) is 33.7 Å². The lowest BCUT2D eigenvalue weighted by molar-refractivity contribution is 0.373. The van der Waals surface area contributed by atoms with E-state index in [9.17, 15) is 9.90 Å². The van der Waals surface area contributed by atoms with E-state index in [0.717, 1.165) is 0 Å². The van der Waals surface area contributed by atoms with Gasteiger partial charge in [-0.05, 0) is 40.5 Å². The number of aromatic hydroxyl groups is 1. The zero-order valence-electron chi connectivity index (χ0n) is 10.5. The predicted octanol–water partition coefficient (Wildman–Crippen LogP) is 2.48. The first-order valence-corrected chi connectivity index (χ1v) is 6.52. The zero-order valence-corrected chi connectivity index (χ0v) is 12.1. The van der Waals surface area contributed by atoms with Crippen LogP contribution in [0, 0.1) is 0 Å².